The minimum Gasteiger partial charge on any atom is -0.396 e. The van der Waals surface area contributed by atoms with Gasteiger partial charge >= 0.3 is 0 Å². The Bertz CT molecular complexity index is 510. The van der Waals surface area contributed by atoms with E-state index in [1.54, 1.807) is 12.1 Å². The molecule has 0 saturated carbocycles. The van der Waals surface area contributed by atoms with Gasteiger partial charge in [0.2, 0.25) is 0 Å². The molecule has 0 saturated heterocycles. The SMILES string of the molecule is CCc1cccc2c1NC(CCO)CS2(=O)=O. The van der Waals surface area contributed by atoms with Gasteiger partial charge in [0.25, 0.3) is 0 Å². The molecule has 94 valence electrons. The number of sulfone groups is 1. The van der Waals surface area contributed by atoms with Crippen molar-refractivity contribution in [3.63, 3.8) is 0 Å². The number of para-hydroxylation sites is 1. The lowest BCUT2D eigenvalue weighted by Gasteiger charge is -2.28. The molecule has 0 bridgehead atoms. The van der Waals surface area contributed by atoms with Gasteiger partial charge in [-0.05, 0) is 24.5 Å². The zero-order chi connectivity index (χ0) is 12.5. The third kappa shape index (κ3) is 2.30. The highest BCUT2D eigenvalue weighted by Gasteiger charge is 2.30. The fourth-order valence-corrected chi connectivity index (χ4v) is 3.95. The van der Waals surface area contributed by atoms with Crippen LogP contribution in [0.2, 0.25) is 0 Å². The van der Waals surface area contributed by atoms with Crippen LogP contribution in [0, 0.1) is 0 Å². The Kier molecular flexibility index (Phi) is 3.40. The average Bonchev–Trinajstić information content (AvgIpc) is 2.28. The van der Waals surface area contributed by atoms with Crippen LogP contribution in [0.4, 0.5) is 5.69 Å². The molecule has 0 aliphatic carbocycles. The molecule has 1 aromatic carbocycles. The highest BCUT2D eigenvalue weighted by molar-refractivity contribution is 7.91. The molecule has 1 unspecified atom stereocenters. The van der Waals surface area contributed by atoms with Gasteiger partial charge in [0.1, 0.15) is 0 Å². The van der Waals surface area contributed by atoms with E-state index in [4.69, 9.17) is 5.11 Å². The molecular weight excluding hydrogens is 238 g/mol. The molecule has 1 aliphatic heterocycles. The molecule has 0 amide bonds. The fraction of sp³-hybridized carbons (Fsp3) is 0.500. The summed E-state index contributed by atoms with van der Waals surface area (Å²) in [6.07, 6.45) is 1.24. The number of hydrogen-bond acceptors (Lipinski definition) is 4. The molecule has 0 radical (unpaired) electrons. The number of rotatable bonds is 3. The Balaban J connectivity index is 2.49. The van der Waals surface area contributed by atoms with Gasteiger partial charge in [-0.1, -0.05) is 19.1 Å². The number of aryl methyl sites for hydroxylation is 1. The van der Waals surface area contributed by atoms with Crippen molar-refractivity contribution in [1.82, 2.24) is 0 Å². The Labute approximate surface area is 102 Å². The van der Waals surface area contributed by atoms with E-state index in [1.807, 2.05) is 13.0 Å². The summed E-state index contributed by atoms with van der Waals surface area (Å²) in [4.78, 5) is 0.394. The average molecular weight is 255 g/mol. The third-order valence-corrected chi connectivity index (χ3v) is 4.93. The van der Waals surface area contributed by atoms with Crippen LogP contribution in [-0.2, 0) is 16.3 Å². The minimum absolute atomic E-state index is 0.00316. The summed E-state index contributed by atoms with van der Waals surface area (Å²) >= 11 is 0. The predicted octanol–water partition coefficient (Wildman–Crippen LogP) is 1.20. The van der Waals surface area contributed by atoms with Gasteiger partial charge in [-0.25, -0.2) is 8.42 Å². The van der Waals surface area contributed by atoms with E-state index in [1.165, 1.54) is 0 Å². The Morgan fingerprint density at radius 1 is 1.47 bits per heavy atom. The van der Waals surface area contributed by atoms with Crippen molar-refractivity contribution in [1.29, 1.82) is 0 Å². The summed E-state index contributed by atoms with van der Waals surface area (Å²) in [6.45, 7) is 2.00. The number of fused-ring (bicyclic) bond motifs is 1. The first-order valence-corrected chi connectivity index (χ1v) is 7.45. The van der Waals surface area contributed by atoms with Gasteiger partial charge in [-0.15, -0.1) is 0 Å². The second-order valence-corrected chi connectivity index (χ2v) is 6.28. The molecule has 1 heterocycles. The number of nitrogens with one attached hydrogen (secondary N) is 1. The van der Waals surface area contributed by atoms with E-state index in [2.05, 4.69) is 5.32 Å². The molecular formula is C12H17NO3S. The van der Waals surface area contributed by atoms with E-state index >= 15 is 0 Å². The van der Waals surface area contributed by atoms with Crippen LogP contribution < -0.4 is 5.32 Å². The van der Waals surface area contributed by atoms with Gasteiger partial charge in [0, 0.05) is 12.6 Å². The van der Waals surface area contributed by atoms with Gasteiger partial charge in [0.15, 0.2) is 9.84 Å². The lowest BCUT2D eigenvalue weighted by molar-refractivity contribution is 0.282. The highest BCUT2D eigenvalue weighted by Crippen LogP contribution is 2.32. The molecule has 5 heteroatoms. The molecule has 17 heavy (non-hydrogen) atoms. The lowest BCUT2D eigenvalue weighted by Crippen LogP contribution is -2.35. The second kappa shape index (κ2) is 4.66. The number of aliphatic hydroxyl groups is 1. The van der Waals surface area contributed by atoms with Crippen LogP contribution in [0.25, 0.3) is 0 Å². The van der Waals surface area contributed by atoms with Gasteiger partial charge in [-0.2, -0.15) is 0 Å². The maximum absolute atomic E-state index is 12.1. The summed E-state index contributed by atoms with van der Waals surface area (Å²) in [5, 5.41) is 12.2. The van der Waals surface area contributed by atoms with Gasteiger partial charge < -0.3 is 10.4 Å². The van der Waals surface area contributed by atoms with Gasteiger partial charge in [-0.3, -0.25) is 0 Å². The molecule has 0 spiro atoms. The standard InChI is InChI=1S/C12H17NO3S/c1-2-9-4-3-5-11-12(9)13-10(6-7-14)8-17(11,15)16/h3-5,10,13-14H,2,6-8H2,1H3. The second-order valence-electron chi connectivity index (χ2n) is 4.28. The van der Waals surface area contributed by atoms with E-state index in [0.717, 1.165) is 17.7 Å². The van der Waals surface area contributed by atoms with E-state index < -0.39 is 9.84 Å². The summed E-state index contributed by atoms with van der Waals surface area (Å²) < 4.78 is 24.2. The van der Waals surface area contributed by atoms with E-state index in [-0.39, 0.29) is 18.4 Å². The minimum atomic E-state index is -3.22. The van der Waals surface area contributed by atoms with Crippen LogP contribution in [0.3, 0.4) is 0 Å². The first kappa shape index (κ1) is 12.4. The Morgan fingerprint density at radius 3 is 2.88 bits per heavy atom. The lowest BCUT2D eigenvalue weighted by atomic mass is 10.1. The fourth-order valence-electron chi connectivity index (χ4n) is 2.21. The summed E-state index contributed by atoms with van der Waals surface area (Å²) in [6, 6.07) is 5.17. The summed E-state index contributed by atoms with van der Waals surface area (Å²) in [5.74, 6) is 0.0632. The quantitative estimate of drug-likeness (QED) is 0.851. The molecule has 4 nitrogen and oxygen atoms in total. The van der Waals surface area contributed by atoms with Crippen LogP contribution in [0.5, 0.6) is 0 Å². The first-order chi connectivity index (χ1) is 8.08. The number of anilines is 1. The van der Waals surface area contributed by atoms with Crippen LogP contribution in [0.15, 0.2) is 23.1 Å². The Morgan fingerprint density at radius 2 is 2.24 bits per heavy atom. The largest absolute Gasteiger partial charge is 0.396 e. The van der Waals surface area contributed by atoms with Crippen LogP contribution in [-0.4, -0.2) is 31.9 Å². The summed E-state index contributed by atoms with van der Waals surface area (Å²) in [5.41, 5.74) is 1.73. The molecule has 0 aromatic heterocycles. The third-order valence-electron chi connectivity index (χ3n) is 3.08. The van der Waals surface area contributed by atoms with Crippen LogP contribution >= 0.6 is 0 Å². The van der Waals surface area contributed by atoms with Crippen molar-refractivity contribution in [3.8, 4) is 0 Å². The number of benzene rings is 1. The van der Waals surface area contributed by atoms with E-state index in [9.17, 15) is 8.42 Å². The van der Waals surface area contributed by atoms with Crippen molar-refractivity contribution in [2.24, 2.45) is 0 Å². The Hall–Kier alpha value is -1.07. The number of hydrogen-bond donors (Lipinski definition) is 2. The van der Waals surface area contributed by atoms with Gasteiger partial charge in [0.05, 0.1) is 16.3 Å². The predicted molar refractivity (Wildman–Crippen MR) is 67.0 cm³/mol. The summed E-state index contributed by atoms with van der Waals surface area (Å²) in [7, 11) is -3.22. The normalized spacial score (nSPS) is 21.6. The van der Waals surface area contributed by atoms with Crippen molar-refractivity contribution >= 4 is 15.5 Å². The molecule has 1 atom stereocenters. The first-order valence-electron chi connectivity index (χ1n) is 5.80. The maximum atomic E-state index is 12.1. The topological polar surface area (TPSA) is 66.4 Å². The van der Waals surface area contributed by atoms with Crippen LogP contribution in [0.1, 0.15) is 18.9 Å². The number of aliphatic hydroxyl groups excluding tert-OH is 1. The molecule has 1 aromatic rings. The molecule has 0 fully saturated rings. The zero-order valence-corrected chi connectivity index (χ0v) is 10.6. The van der Waals surface area contributed by atoms with E-state index in [0.29, 0.717) is 11.3 Å². The van der Waals surface area contributed by atoms with Crippen molar-refractivity contribution in [2.75, 3.05) is 17.7 Å². The molecule has 1 aliphatic rings. The zero-order valence-electron chi connectivity index (χ0n) is 9.81. The van der Waals surface area contributed by atoms with Crippen molar-refractivity contribution in [2.45, 2.75) is 30.7 Å². The monoisotopic (exact) mass is 255 g/mol. The van der Waals surface area contributed by atoms with Crippen molar-refractivity contribution in [3.05, 3.63) is 23.8 Å². The van der Waals surface area contributed by atoms with Crippen molar-refractivity contribution < 1.29 is 13.5 Å². The molecule has 2 rings (SSSR count). The smallest absolute Gasteiger partial charge is 0.182 e. The maximum Gasteiger partial charge on any atom is 0.182 e. The molecule has 2 N–H and O–H groups in total. The highest BCUT2D eigenvalue weighted by atomic mass is 32.2.